The SMILES string of the molecule is COc1ccc([C@H](N[C@H](C)c2ccccc2)P(=O)(O[C@@H]2C[C@H](C)CC[C@@H]2C(C)C)O[C@@H]2C[C@@H](C)CC[C@H]2C(C)C)cc1. The second kappa shape index (κ2) is 14.9. The average Bonchev–Trinajstić information content (AvgIpc) is 2.96. The van der Waals surface area contributed by atoms with Crippen LogP contribution in [0.15, 0.2) is 54.6 Å². The van der Waals surface area contributed by atoms with E-state index in [-0.39, 0.29) is 18.2 Å². The van der Waals surface area contributed by atoms with Crippen LogP contribution >= 0.6 is 7.60 Å². The zero-order chi connectivity index (χ0) is 30.4. The zero-order valence-corrected chi connectivity index (χ0v) is 28.2. The van der Waals surface area contributed by atoms with Crippen LogP contribution in [0.2, 0.25) is 0 Å². The standard InChI is InChI=1S/C36H56NO4P/c1-24(2)32-20-14-26(5)22-34(32)40-42(38,41-35-23-27(6)15-21-33(35)25(3)4)36(30-16-18-31(39-8)19-17-30)37-28(7)29-12-10-9-11-13-29/h9-13,16-19,24-28,32-37H,14-15,20-23H2,1-8H3/t26-,27+,28-,32-,33+,34-,35-,36-,42?/m1/s1. The number of hydrogen-bond acceptors (Lipinski definition) is 5. The van der Waals surface area contributed by atoms with E-state index in [1.807, 2.05) is 30.3 Å². The first-order chi connectivity index (χ1) is 20.0. The van der Waals surface area contributed by atoms with Crippen LogP contribution in [0.4, 0.5) is 0 Å². The summed E-state index contributed by atoms with van der Waals surface area (Å²) in [5.74, 6) is 2.83. The highest BCUT2D eigenvalue weighted by atomic mass is 31.2. The Hall–Kier alpha value is -1.65. The second-order valence-electron chi connectivity index (χ2n) is 14.0. The lowest BCUT2D eigenvalue weighted by atomic mass is 9.75. The molecule has 2 aromatic rings. The van der Waals surface area contributed by atoms with Crippen LogP contribution in [0.25, 0.3) is 0 Å². The van der Waals surface area contributed by atoms with Gasteiger partial charge in [-0.1, -0.05) is 96.8 Å². The molecule has 2 aromatic carbocycles. The van der Waals surface area contributed by atoms with Crippen LogP contribution in [0.1, 0.15) is 110 Å². The predicted molar refractivity (Wildman–Crippen MR) is 174 cm³/mol. The van der Waals surface area contributed by atoms with E-state index in [9.17, 15) is 0 Å². The molecule has 2 aliphatic rings. The van der Waals surface area contributed by atoms with Crippen molar-refractivity contribution < 1.29 is 18.3 Å². The first-order valence-electron chi connectivity index (χ1n) is 16.4. The van der Waals surface area contributed by atoms with Crippen molar-refractivity contribution in [2.24, 2.45) is 35.5 Å². The van der Waals surface area contributed by atoms with Gasteiger partial charge < -0.3 is 13.8 Å². The van der Waals surface area contributed by atoms with Crippen LogP contribution in [0, 0.1) is 35.5 Å². The summed E-state index contributed by atoms with van der Waals surface area (Å²) in [6.45, 7) is 15.8. The van der Waals surface area contributed by atoms with Crippen LogP contribution in [-0.4, -0.2) is 19.3 Å². The van der Waals surface area contributed by atoms with Gasteiger partial charge in [0.1, 0.15) is 11.5 Å². The van der Waals surface area contributed by atoms with Crippen molar-refractivity contribution in [1.82, 2.24) is 5.32 Å². The van der Waals surface area contributed by atoms with E-state index in [4.69, 9.17) is 13.8 Å². The Balaban J connectivity index is 1.79. The normalized spacial score (nSPS) is 29.7. The third-order valence-electron chi connectivity index (χ3n) is 9.94. The summed E-state index contributed by atoms with van der Waals surface area (Å²) in [5.41, 5.74) is 2.04. The highest BCUT2D eigenvalue weighted by molar-refractivity contribution is 7.54. The minimum absolute atomic E-state index is 0.0591. The van der Waals surface area contributed by atoms with Gasteiger partial charge in [0.25, 0.3) is 0 Å². The molecule has 42 heavy (non-hydrogen) atoms. The monoisotopic (exact) mass is 597 g/mol. The van der Waals surface area contributed by atoms with Gasteiger partial charge >= 0.3 is 7.60 Å². The quantitative estimate of drug-likeness (QED) is 0.247. The van der Waals surface area contributed by atoms with Gasteiger partial charge in [-0.2, -0.15) is 0 Å². The van der Waals surface area contributed by atoms with Gasteiger partial charge in [0.2, 0.25) is 0 Å². The molecule has 0 saturated heterocycles. The molecular weight excluding hydrogens is 541 g/mol. The van der Waals surface area contributed by atoms with E-state index in [0.29, 0.717) is 35.5 Å². The molecule has 0 amide bonds. The van der Waals surface area contributed by atoms with Gasteiger partial charge in [-0.25, -0.2) is 0 Å². The molecule has 9 atom stereocenters. The van der Waals surface area contributed by atoms with Crippen molar-refractivity contribution in [3.63, 3.8) is 0 Å². The molecule has 1 unspecified atom stereocenters. The highest BCUT2D eigenvalue weighted by Crippen LogP contribution is 2.65. The van der Waals surface area contributed by atoms with Gasteiger partial charge in [0.05, 0.1) is 19.3 Å². The topological polar surface area (TPSA) is 56.8 Å². The lowest BCUT2D eigenvalue weighted by Gasteiger charge is -2.44. The van der Waals surface area contributed by atoms with Crippen molar-refractivity contribution >= 4 is 7.60 Å². The van der Waals surface area contributed by atoms with E-state index in [1.165, 1.54) is 12.8 Å². The van der Waals surface area contributed by atoms with Crippen molar-refractivity contribution in [3.8, 4) is 5.75 Å². The third kappa shape index (κ3) is 8.29. The van der Waals surface area contributed by atoms with Gasteiger partial charge in [0, 0.05) is 6.04 Å². The predicted octanol–water partition coefficient (Wildman–Crippen LogP) is 10.2. The molecule has 2 fully saturated rings. The molecule has 0 heterocycles. The van der Waals surface area contributed by atoms with Crippen molar-refractivity contribution in [2.45, 2.75) is 111 Å². The average molecular weight is 598 g/mol. The first kappa shape index (κ1) is 33.2. The number of nitrogens with one attached hydrogen (secondary N) is 1. The van der Waals surface area contributed by atoms with Crippen molar-refractivity contribution in [1.29, 1.82) is 0 Å². The molecule has 0 aliphatic heterocycles. The fraction of sp³-hybridized carbons (Fsp3) is 0.667. The Kier molecular flexibility index (Phi) is 11.8. The summed E-state index contributed by atoms with van der Waals surface area (Å²) in [5, 5.41) is 3.76. The van der Waals surface area contributed by atoms with Crippen LogP contribution in [-0.2, 0) is 13.6 Å². The van der Waals surface area contributed by atoms with Crippen LogP contribution < -0.4 is 10.1 Å². The van der Waals surface area contributed by atoms with Crippen LogP contribution in [0.3, 0.4) is 0 Å². The molecule has 2 saturated carbocycles. The third-order valence-corrected chi connectivity index (χ3v) is 12.2. The Morgan fingerprint density at radius 2 is 1.21 bits per heavy atom. The molecule has 1 N–H and O–H groups in total. The summed E-state index contributed by atoms with van der Waals surface area (Å²) in [6.07, 6.45) is 6.19. The van der Waals surface area contributed by atoms with Gasteiger partial charge in [-0.05, 0) is 91.4 Å². The summed E-state index contributed by atoms with van der Waals surface area (Å²) < 4.78 is 35.3. The first-order valence-corrected chi connectivity index (χ1v) is 18.0. The molecule has 234 valence electrons. The number of ether oxygens (including phenoxy) is 1. The summed E-state index contributed by atoms with van der Waals surface area (Å²) in [6, 6.07) is 18.2. The summed E-state index contributed by atoms with van der Waals surface area (Å²) in [7, 11) is -2.07. The van der Waals surface area contributed by atoms with Crippen LogP contribution in [0.5, 0.6) is 5.75 Å². The highest BCUT2D eigenvalue weighted by Gasteiger charge is 2.47. The Morgan fingerprint density at radius 3 is 1.67 bits per heavy atom. The molecule has 4 rings (SSSR count). The molecule has 0 bridgehead atoms. The van der Waals surface area contributed by atoms with Gasteiger partial charge in [-0.15, -0.1) is 0 Å². The van der Waals surface area contributed by atoms with Gasteiger partial charge in [0.15, 0.2) is 0 Å². The van der Waals surface area contributed by atoms with E-state index in [0.717, 1.165) is 42.6 Å². The Labute approximate surface area is 256 Å². The maximum absolute atomic E-state index is 15.8. The van der Waals surface area contributed by atoms with E-state index in [2.05, 4.69) is 78.0 Å². The smallest absolute Gasteiger partial charge is 0.352 e. The molecule has 2 aliphatic carbocycles. The number of rotatable bonds is 12. The maximum atomic E-state index is 15.8. The number of hydrogen-bond donors (Lipinski definition) is 1. The fourth-order valence-electron chi connectivity index (χ4n) is 7.23. The maximum Gasteiger partial charge on any atom is 0.352 e. The van der Waals surface area contributed by atoms with Crippen molar-refractivity contribution in [3.05, 3.63) is 65.7 Å². The number of benzene rings is 2. The van der Waals surface area contributed by atoms with Gasteiger partial charge in [-0.3, -0.25) is 9.88 Å². The lowest BCUT2D eigenvalue weighted by Crippen LogP contribution is -2.38. The number of methoxy groups -OCH3 is 1. The molecular formula is C36H56NO4P. The molecule has 0 spiro atoms. The van der Waals surface area contributed by atoms with Crippen molar-refractivity contribution in [2.75, 3.05) is 7.11 Å². The second-order valence-corrected chi connectivity index (χ2v) is 16.0. The molecule has 0 radical (unpaired) electrons. The fourth-order valence-corrected chi connectivity index (χ4v) is 9.70. The molecule has 5 nitrogen and oxygen atoms in total. The minimum Gasteiger partial charge on any atom is -0.497 e. The largest absolute Gasteiger partial charge is 0.497 e. The van der Waals surface area contributed by atoms with E-state index >= 15 is 4.57 Å². The van der Waals surface area contributed by atoms with E-state index < -0.39 is 13.4 Å². The Bertz CT molecular complexity index is 1100. The Morgan fingerprint density at radius 1 is 0.714 bits per heavy atom. The molecule has 6 heteroatoms. The van der Waals surface area contributed by atoms with E-state index in [1.54, 1.807) is 7.11 Å². The summed E-state index contributed by atoms with van der Waals surface area (Å²) >= 11 is 0. The lowest BCUT2D eigenvalue weighted by molar-refractivity contribution is -0.00718. The molecule has 0 aromatic heterocycles. The zero-order valence-electron chi connectivity index (χ0n) is 27.3. The minimum atomic E-state index is -3.75. The summed E-state index contributed by atoms with van der Waals surface area (Å²) in [4.78, 5) is 0.